The fraction of sp³-hybridized carbons (Fsp3) is 0.353. The summed E-state index contributed by atoms with van der Waals surface area (Å²) in [4.78, 5) is 18.4. The monoisotopic (exact) mass is 514 g/mol. The number of aromatic nitrogens is 3. The number of ketones is 1. The summed E-state index contributed by atoms with van der Waals surface area (Å²) in [5, 5.41) is 15.5. The molecule has 2 aromatic heterocycles. The third-order valence-corrected chi connectivity index (χ3v) is 9.18. The Bertz CT molecular complexity index is 1550. The zero-order chi connectivity index (χ0) is 27.2. The summed E-state index contributed by atoms with van der Waals surface area (Å²) in [5.74, 6) is 0.774. The van der Waals surface area contributed by atoms with Gasteiger partial charge in [0.2, 0.25) is 0 Å². The van der Waals surface area contributed by atoms with Gasteiger partial charge in [-0.3, -0.25) is 4.79 Å². The van der Waals surface area contributed by atoms with E-state index in [-0.39, 0.29) is 17.6 Å². The number of benzene rings is 2. The first-order valence-corrected chi connectivity index (χ1v) is 14.0. The fourth-order valence-electron chi connectivity index (χ4n) is 7.36. The number of carbonyl (C=O) groups excluding carboxylic acids is 1. The average molecular weight is 515 g/mol. The fourth-order valence-corrected chi connectivity index (χ4v) is 7.36. The Kier molecular flexibility index (Phi) is 6.22. The predicted molar refractivity (Wildman–Crippen MR) is 153 cm³/mol. The van der Waals surface area contributed by atoms with Crippen molar-refractivity contribution in [3.63, 3.8) is 0 Å². The molecule has 196 valence electrons. The predicted octanol–water partition coefficient (Wildman–Crippen LogP) is 7.34. The lowest BCUT2D eigenvalue weighted by Gasteiger charge is -2.50. The lowest BCUT2D eigenvalue weighted by Crippen LogP contribution is -2.53. The molecule has 1 saturated carbocycles. The van der Waals surface area contributed by atoms with Crippen LogP contribution in [0.15, 0.2) is 79.0 Å². The van der Waals surface area contributed by atoms with Crippen LogP contribution < -0.4 is 0 Å². The number of rotatable bonds is 3. The number of hydrogen-bond donors (Lipinski definition) is 0. The first-order valence-electron chi connectivity index (χ1n) is 14.0. The highest BCUT2D eigenvalue weighted by atomic mass is 16.1. The Morgan fingerprint density at radius 1 is 0.923 bits per heavy atom. The summed E-state index contributed by atoms with van der Waals surface area (Å²) in [5.41, 5.74) is 5.13. The van der Waals surface area contributed by atoms with E-state index in [1.165, 1.54) is 5.56 Å². The van der Waals surface area contributed by atoms with E-state index in [1.807, 2.05) is 55.1 Å². The van der Waals surface area contributed by atoms with Gasteiger partial charge in [0.1, 0.15) is 5.41 Å². The summed E-state index contributed by atoms with van der Waals surface area (Å²) in [6, 6.07) is 27.2. The molecule has 2 aliphatic carbocycles. The van der Waals surface area contributed by atoms with Crippen molar-refractivity contribution in [2.45, 2.75) is 58.3 Å². The summed E-state index contributed by atoms with van der Waals surface area (Å²) in [7, 11) is 0. The van der Waals surface area contributed by atoms with Crippen LogP contribution in [-0.2, 0) is 16.6 Å². The van der Waals surface area contributed by atoms with Crippen molar-refractivity contribution >= 4 is 5.78 Å². The van der Waals surface area contributed by atoms with Gasteiger partial charge >= 0.3 is 0 Å². The van der Waals surface area contributed by atoms with Crippen LogP contribution in [0.25, 0.3) is 28.2 Å². The molecule has 0 amide bonds. The molecule has 5 nitrogen and oxygen atoms in total. The van der Waals surface area contributed by atoms with Crippen molar-refractivity contribution in [2.24, 2.45) is 17.3 Å². The van der Waals surface area contributed by atoms with E-state index in [4.69, 9.17) is 10.1 Å². The Balaban J connectivity index is 1.59. The molecular formula is C34H34N4O. The number of pyridine rings is 1. The molecule has 0 aliphatic heterocycles. The third kappa shape index (κ3) is 4.10. The SMILES string of the molecule is C[C@H]1C(=O)C(C)(C#N)C[C@@]2(C)c3c(c(-c4ccccc4)nn3-c3ccc(-c4ccccc4)cn3)CCCC[C@@H]12. The maximum Gasteiger partial charge on any atom is 0.155 e. The van der Waals surface area contributed by atoms with Crippen LogP contribution >= 0.6 is 0 Å². The molecule has 1 fully saturated rings. The first kappa shape index (κ1) is 25.2. The maximum atomic E-state index is 13.5. The van der Waals surface area contributed by atoms with Crippen LogP contribution in [0.5, 0.6) is 0 Å². The molecule has 4 aromatic rings. The highest BCUT2D eigenvalue weighted by Gasteiger charge is 2.57. The van der Waals surface area contributed by atoms with Crippen molar-refractivity contribution < 1.29 is 4.79 Å². The number of hydrogen-bond acceptors (Lipinski definition) is 4. The largest absolute Gasteiger partial charge is 0.298 e. The topological polar surface area (TPSA) is 71.6 Å². The Hall–Kier alpha value is -4.04. The van der Waals surface area contributed by atoms with Crippen LogP contribution in [0, 0.1) is 28.6 Å². The van der Waals surface area contributed by atoms with Gasteiger partial charge in [0.25, 0.3) is 0 Å². The van der Waals surface area contributed by atoms with E-state index >= 15 is 0 Å². The summed E-state index contributed by atoms with van der Waals surface area (Å²) < 4.78 is 2.03. The zero-order valence-corrected chi connectivity index (χ0v) is 22.9. The van der Waals surface area contributed by atoms with E-state index in [0.717, 1.165) is 59.6 Å². The second-order valence-corrected chi connectivity index (χ2v) is 11.8. The molecule has 2 aliphatic rings. The van der Waals surface area contributed by atoms with Gasteiger partial charge in [-0.15, -0.1) is 0 Å². The minimum absolute atomic E-state index is 0.0780. The summed E-state index contributed by atoms with van der Waals surface area (Å²) in [6.07, 6.45) is 6.38. The second kappa shape index (κ2) is 9.61. The highest BCUT2D eigenvalue weighted by molar-refractivity contribution is 5.90. The van der Waals surface area contributed by atoms with E-state index in [9.17, 15) is 10.1 Å². The van der Waals surface area contributed by atoms with Gasteiger partial charge in [0.15, 0.2) is 11.6 Å². The average Bonchev–Trinajstić information content (AvgIpc) is 3.35. The molecule has 2 aromatic carbocycles. The molecule has 0 spiro atoms. The van der Waals surface area contributed by atoms with E-state index in [0.29, 0.717) is 6.42 Å². The standard InChI is InChI=1S/C34H34N4O/c1-23-28-17-11-10-16-27-30(25-14-8-5-9-15-25)37-38(31(27)34(28,3)21-33(2,22-35)32(23)39)29-19-18-26(20-36-29)24-12-6-4-7-13-24/h4-9,12-15,18-20,23,28H,10-11,16-17,21H2,1-3H3/t23-,28+,33?,34-/m1/s1. The van der Waals surface area contributed by atoms with Gasteiger partial charge in [-0.2, -0.15) is 10.4 Å². The van der Waals surface area contributed by atoms with Crippen LogP contribution in [0.1, 0.15) is 57.7 Å². The number of Topliss-reactive ketones (excluding diaryl/α,β-unsaturated/α-hetero) is 1. The van der Waals surface area contributed by atoms with E-state index in [2.05, 4.69) is 55.5 Å². The summed E-state index contributed by atoms with van der Waals surface area (Å²) in [6.45, 7) is 6.14. The van der Waals surface area contributed by atoms with Crippen LogP contribution in [0.4, 0.5) is 0 Å². The van der Waals surface area contributed by atoms with Crippen LogP contribution in [-0.4, -0.2) is 20.5 Å². The van der Waals surface area contributed by atoms with Gasteiger partial charge in [-0.1, -0.05) is 80.9 Å². The van der Waals surface area contributed by atoms with Gasteiger partial charge in [0, 0.05) is 34.2 Å². The smallest absolute Gasteiger partial charge is 0.155 e. The highest BCUT2D eigenvalue weighted by Crippen LogP contribution is 2.55. The van der Waals surface area contributed by atoms with E-state index < -0.39 is 10.8 Å². The third-order valence-electron chi connectivity index (χ3n) is 9.18. The van der Waals surface area contributed by atoms with Crippen LogP contribution in [0.2, 0.25) is 0 Å². The Morgan fingerprint density at radius 3 is 2.26 bits per heavy atom. The van der Waals surface area contributed by atoms with Crippen molar-refractivity contribution in [2.75, 3.05) is 0 Å². The number of carbonyl (C=O) groups is 1. The lowest BCUT2D eigenvalue weighted by molar-refractivity contribution is -0.138. The Morgan fingerprint density at radius 2 is 1.62 bits per heavy atom. The molecule has 1 unspecified atom stereocenters. The molecule has 0 saturated heterocycles. The van der Waals surface area contributed by atoms with E-state index in [1.54, 1.807) is 0 Å². The molecule has 39 heavy (non-hydrogen) atoms. The molecule has 2 heterocycles. The lowest BCUT2D eigenvalue weighted by atomic mass is 9.51. The minimum atomic E-state index is -1.03. The summed E-state index contributed by atoms with van der Waals surface area (Å²) >= 11 is 0. The molecule has 4 atom stereocenters. The quantitative estimate of drug-likeness (QED) is 0.287. The number of nitriles is 1. The number of nitrogens with zero attached hydrogens (tertiary/aromatic N) is 4. The van der Waals surface area contributed by atoms with Crippen molar-refractivity contribution in [3.05, 3.63) is 90.3 Å². The first-order chi connectivity index (χ1) is 18.9. The molecular weight excluding hydrogens is 480 g/mol. The van der Waals surface area contributed by atoms with Crippen LogP contribution in [0.3, 0.4) is 0 Å². The van der Waals surface area contributed by atoms with Crippen molar-refractivity contribution in [3.8, 4) is 34.3 Å². The van der Waals surface area contributed by atoms with Crippen molar-refractivity contribution in [1.29, 1.82) is 5.26 Å². The maximum absolute atomic E-state index is 13.5. The molecule has 0 N–H and O–H groups in total. The molecule has 5 heteroatoms. The van der Waals surface area contributed by atoms with Gasteiger partial charge < -0.3 is 0 Å². The molecule has 0 bridgehead atoms. The normalized spacial score (nSPS) is 26.6. The van der Waals surface area contributed by atoms with Gasteiger partial charge in [0.05, 0.1) is 17.5 Å². The second-order valence-electron chi connectivity index (χ2n) is 11.8. The number of fused-ring (bicyclic) bond motifs is 3. The Labute approximate surface area is 230 Å². The molecule has 0 radical (unpaired) electrons. The van der Waals surface area contributed by atoms with Crippen molar-refractivity contribution in [1.82, 2.24) is 14.8 Å². The zero-order valence-electron chi connectivity index (χ0n) is 22.9. The van der Waals surface area contributed by atoms with Gasteiger partial charge in [-0.25, -0.2) is 9.67 Å². The minimum Gasteiger partial charge on any atom is -0.298 e. The van der Waals surface area contributed by atoms with Gasteiger partial charge in [-0.05, 0) is 56.2 Å². The molecule has 6 rings (SSSR count).